The number of para-hydroxylation sites is 1. The molecule has 1 atom stereocenters. The smallest absolute Gasteiger partial charge is 0.122 e. The molecule has 0 aliphatic carbocycles. The molecule has 0 aliphatic heterocycles. The largest absolute Gasteiger partial charge is 0.484 e. The van der Waals surface area contributed by atoms with E-state index in [1.165, 1.54) is 57.8 Å². The monoisotopic (exact) mass is 372 g/mol. The molecule has 0 saturated carbocycles. The molecule has 0 amide bonds. The third-order valence-corrected chi connectivity index (χ3v) is 5.19. The van der Waals surface area contributed by atoms with Gasteiger partial charge in [-0.3, -0.25) is 0 Å². The van der Waals surface area contributed by atoms with Gasteiger partial charge in [-0.2, -0.15) is 0 Å². The first-order valence-corrected chi connectivity index (χ1v) is 11.3. The molecule has 0 heterocycles. The van der Waals surface area contributed by atoms with E-state index in [1.54, 1.807) is 0 Å². The van der Waals surface area contributed by atoms with Crippen molar-refractivity contribution in [3.05, 3.63) is 42.5 Å². The first-order valence-electron chi connectivity index (χ1n) is 11.3. The van der Waals surface area contributed by atoms with Crippen molar-refractivity contribution >= 4 is 0 Å². The maximum Gasteiger partial charge on any atom is 0.122 e. The number of hydrogen-bond acceptors (Lipinski definition) is 1. The van der Waals surface area contributed by atoms with Crippen molar-refractivity contribution < 1.29 is 4.74 Å². The minimum Gasteiger partial charge on any atom is -0.484 e. The summed E-state index contributed by atoms with van der Waals surface area (Å²) >= 11 is 0. The molecule has 27 heavy (non-hydrogen) atoms. The first-order chi connectivity index (χ1) is 12.9. The van der Waals surface area contributed by atoms with Crippen molar-refractivity contribution in [3.63, 3.8) is 0 Å². The van der Waals surface area contributed by atoms with Crippen molar-refractivity contribution in [3.8, 4) is 5.75 Å². The molecule has 0 fully saturated rings. The Morgan fingerprint density at radius 2 is 1.41 bits per heavy atom. The SMILES string of the molecule is CC(C)CCCCCCCC(C)CCCC=CC(C)(C)Oc1ccccc1. The van der Waals surface area contributed by atoms with Gasteiger partial charge in [-0.05, 0) is 56.7 Å². The zero-order valence-corrected chi connectivity index (χ0v) is 18.7. The summed E-state index contributed by atoms with van der Waals surface area (Å²) in [4.78, 5) is 0. The Kier molecular flexibility index (Phi) is 12.2. The number of ether oxygens (including phenoxy) is 1. The number of rotatable bonds is 15. The highest BCUT2D eigenvalue weighted by molar-refractivity contribution is 5.22. The molecule has 0 aliphatic rings. The lowest BCUT2D eigenvalue weighted by molar-refractivity contribution is 0.161. The van der Waals surface area contributed by atoms with Crippen LogP contribution in [0.5, 0.6) is 5.75 Å². The lowest BCUT2D eigenvalue weighted by Crippen LogP contribution is -2.25. The Morgan fingerprint density at radius 3 is 2.07 bits per heavy atom. The van der Waals surface area contributed by atoms with Gasteiger partial charge in [0.2, 0.25) is 0 Å². The van der Waals surface area contributed by atoms with Gasteiger partial charge in [0.25, 0.3) is 0 Å². The van der Waals surface area contributed by atoms with E-state index in [1.807, 2.05) is 30.3 Å². The Balaban J connectivity index is 2.05. The van der Waals surface area contributed by atoms with Gasteiger partial charge in [-0.15, -0.1) is 0 Å². The van der Waals surface area contributed by atoms with Gasteiger partial charge in [0.15, 0.2) is 0 Å². The van der Waals surface area contributed by atoms with Gasteiger partial charge in [0.1, 0.15) is 11.4 Å². The molecule has 1 unspecified atom stereocenters. The van der Waals surface area contributed by atoms with Crippen LogP contribution in [0.25, 0.3) is 0 Å². The van der Waals surface area contributed by atoms with Gasteiger partial charge < -0.3 is 4.74 Å². The summed E-state index contributed by atoms with van der Waals surface area (Å²) < 4.78 is 6.05. The maximum atomic E-state index is 6.05. The van der Waals surface area contributed by atoms with Crippen LogP contribution in [0, 0.1) is 11.8 Å². The normalized spacial score (nSPS) is 13.4. The second-order valence-electron chi connectivity index (χ2n) is 9.20. The highest BCUT2D eigenvalue weighted by atomic mass is 16.5. The molecule has 1 aromatic rings. The highest BCUT2D eigenvalue weighted by Gasteiger charge is 2.14. The standard InChI is InChI=1S/C26H44O/c1-23(2)17-11-7-6-8-12-18-24(3)19-13-10-16-22-26(4,5)27-25-20-14-9-15-21-25/h9,14-16,20-24H,6-8,10-13,17-19H2,1-5H3. The summed E-state index contributed by atoms with van der Waals surface area (Å²) in [6.45, 7) is 11.3. The van der Waals surface area contributed by atoms with E-state index in [-0.39, 0.29) is 5.60 Å². The van der Waals surface area contributed by atoms with Crippen LogP contribution in [-0.2, 0) is 0 Å². The first kappa shape index (κ1) is 23.8. The molecule has 0 N–H and O–H groups in total. The topological polar surface area (TPSA) is 9.23 Å². The number of benzene rings is 1. The van der Waals surface area contributed by atoms with Crippen LogP contribution in [0.4, 0.5) is 0 Å². The second kappa shape index (κ2) is 13.9. The highest BCUT2D eigenvalue weighted by Crippen LogP contribution is 2.20. The van der Waals surface area contributed by atoms with Crippen molar-refractivity contribution in [2.45, 2.75) is 104 Å². The zero-order valence-electron chi connectivity index (χ0n) is 18.7. The van der Waals surface area contributed by atoms with Crippen LogP contribution in [0.15, 0.2) is 42.5 Å². The number of unbranched alkanes of at least 4 members (excludes halogenated alkanes) is 5. The summed E-state index contributed by atoms with van der Waals surface area (Å²) in [7, 11) is 0. The Morgan fingerprint density at radius 1 is 0.815 bits per heavy atom. The van der Waals surface area contributed by atoms with Gasteiger partial charge >= 0.3 is 0 Å². The number of hydrogen-bond donors (Lipinski definition) is 0. The molecule has 1 nitrogen and oxygen atoms in total. The van der Waals surface area contributed by atoms with Gasteiger partial charge in [0.05, 0.1) is 0 Å². The van der Waals surface area contributed by atoms with E-state index in [0.717, 1.165) is 24.0 Å². The lowest BCUT2D eigenvalue weighted by Gasteiger charge is -2.22. The van der Waals surface area contributed by atoms with Crippen molar-refractivity contribution in [1.82, 2.24) is 0 Å². The van der Waals surface area contributed by atoms with Crippen LogP contribution in [0.3, 0.4) is 0 Å². The average Bonchev–Trinajstić information content (AvgIpc) is 2.60. The second-order valence-corrected chi connectivity index (χ2v) is 9.20. The molecule has 0 aromatic heterocycles. The van der Waals surface area contributed by atoms with Crippen LogP contribution in [0.1, 0.15) is 98.8 Å². The molecule has 1 aromatic carbocycles. The van der Waals surface area contributed by atoms with Crippen LogP contribution >= 0.6 is 0 Å². The molecule has 1 heteroatoms. The predicted molar refractivity (Wildman–Crippen MR) is 120 cm³/mol. The average molecular weight is 373 g/mol. The summed E-state index contributed by atoms with van der Waals surface area (Å²) in [5, 5.41) is 0. The molecule has 0 spiro atoms. The van der Waals surface area contributed by atoms with Crippen LogP contribution in [-0.4, -0.2) is 5.60 Å². The molecule has 154 valence electrons. The van der Waals surface area contributed by atoms with E-state index in [9.17, 15) is 0 Å². The minimum atomic E-state index is -0.247. The van der Waals surface area contributed by atoms with E-state index in [4.69, 9.17) is 4.74 Å². The van der Waals surface area contributed by atoms with Crippen molar-refractivity contribution in [2.24, 2.45) is 11.8 Å². The molecule has 1 rings (SSSR count). The fourth-order valence-electron chi connectivity index (χ4n) is 3.50. The number of allylic oxidation sites excluding steroid dienone is 1. The molecular formula is C26H44O. The zero-order chi connectivity index (χ0) is 20.0. The van der Waals surface area contributed by atoms with E-state index < -0.39 is 0 Å². The van der Waals surface area contributed by atoms with Crippen molar-refractivity contribution in [2.75, 3.05) is 0 Å². The lowest BCUT2D eigenvalue weighted by atomic mass is 9.96. The summed E-state index contributed by atoms with van der Waals surface area (Å²) in [6.07, 6.45) is 18.2. The Hall–Kier alpha value is -1.24. The fourth-order valence-corrected chi connectivity index (χ4v) is 3.50. The van der Waals surface area contributed by atoms with E-state index >= 15 is 0 Å². The summed E-state index contributed by atoms with van der Waals surface area (Å²) in [5.74, 6) is 2.67. The third-order valence-electron chi connectivity index (χ3n) is 5.19. The minimum absolute atomic E-state index is 0.247. The quantitative estimate of drug-likeness (QED) is 0.221. The fraction of sp³-hybridized carbons (Fsp3) is 0.692. The molecule has 0 radical (unpaired) electrons. The van der Waals surface area contributed by atoms with Crippen LogP contribution < -0.4 is 4.74 Å². The van der Waals surface area contributed by atoms with Gasteiger partial charge in [-0.1, -0.05) is 96.4 Å². The Bertz CT molecular complexity index is 486. The van der Waals surface area contributed by atoms with E-state index in [0.29, 0.717) is 0 Å². The summed E-state index contributed by atoms with van der Waals surface area (Å²) in [6, 6.07) is 10.1. The third kappa shape index (κ3) is 13.6. The summed E-state index contributed by atoms with van der Waals surface area (Å²) in [5.41, 5.74) is -0.247. The Labute approximate surface area is 169 Å². The van der Waals surface area contributed by atoms with Gasteiger partial charge in [0, 0.05) is 0 Å². The molecular weight excluding hydrogens is 328 g/mol. The molecule has 0 bridgehead atoms. The van der Waals surface area contributed by atoms with Crippen LogP contribution in [0.2, 0.25) is 0 Å². The maximum absolute atomic E-state index is 6.05. The van der Waals surface area contributed by atoms with Gasteiger partial charge in [-0.25, -0.2) is 0 Å². The molecule has 0 saturated heterocycles. The van der Waals surface area contributed by atoms with E-state index in [2.05, 4.69) is 46.8 Å². The predicted octanol–water partition coefficient (Wildman–Crippen LogP) is 8.59. The van der Waals surface area contributed by atoms with Crippen molar-refractivity contribution in [1.29, 1.82) is 0 Å².